The lowest BCUT2D eigenvalue weighted by Crippen LogP contribution is -2.53. The maximum atomic E-state index is 12.0. The monoisotopic (exact) mass is 285 g/mol. The molecule has 2 N–H and O–H groups in total. The second-order valence-corrected chi connectivity index (χ2v) is 5.47. The highest BCUT2D eigenvalue weighted by Gasteiger charge is 2.26. The number of hydrogen-bond acceptors (Lipinski definition) is 4. The summed E-state index contributed by atoms with van der Waals surface area (Å²) in [4.78, 5) is 26.2. The summed E-state index contributed by atoms with van der Waals surface area (Å²) in [6, 6.07) is -0.0564. The summed E-state index contributed by atoms with van der Waals surface area (Å²) in [5, 5.41) is 11.7. The van der Waals surface area contributed by atoms with Crippen molar-refractivity contribution in [2.75, 3.05) is 45.9 Å². The summed E-state index contributed by atoms with van der Waals surface area (Å²) in [5.74, 6) is -0.426. The number of carbonyl (C=O) groups is 2. The first-order chi connectivity index (χ1) is 9.56. The van der Waals surface area contributed by atoms with Gasteiger partial charge in [-0.3, -0.25) is 9.69 Å². The molecule has 7 nitrogen and oxygen atoms in total. The molecule has 2 aliphatic heterocycles. The Morgan fingerprint density at radius 2 is 2.00 bits per heavy atom. The van der Waals surface area contributed by atoms with Gasteiger partial charge < -0.3 is 20.1 Å². The van der Waals surface area contributed by atoms with Crippen molar-refractivity contribution in [3.8, 4) is 0 Å². The molecule has 0 aromatic heterocycles. The van der Waals surface area contributed by atoms with Crippen LogP contribution in [-0.4, -0.2) is 78.9 Å². The Morgan fingerprint density at radius 3 is 2.55 bits per heavy atom. The van der Waals surface area contributed by atoms with Crippen molar-refractivity contribution in [1.82, 2.24) is 15.1 Å². The zero-order chi connectivity index (χ0) is 14.5. The average Bonchev–Trinajstić information content (AvgIpc) is 2.82. The Hall–Kier alpha value is -1.34. The van der Waals surface area contributed by atoms with Gasteiger partial charge in [0.25, 0.3) is 0 Å². The topological polar surface area (TPSA) is 82.1 Å². The minimum atomic E-state index is -0.821. The molecule has 0 aliphatic carbocycles. The zero-order valence-corrected chi connectivity index (χ0v) is 11.9. The molecule has 2 atom stereocenters. The van der Waals surface area contributed by atoms with Crippen LogP contribution in [0.2, 0.25) is 0 Å². The van der Waals surface area contributed by atoms with Gasteiger partial charge in [-0.15, -0.1) is 0 Å². The Bertz CT molecular complexity index is 356. The van der Waals surface area contributed by atoms with Gasteiger partial charge in [-0.05, 0) is 13.3 Å². The van der Waals surface area contributed by atoms with Crippen LogP contribution in [0.3, 0.4) is 0 Å². The minimum absolute atomic E-state index is 0.0480. The quantitative estimate of drug-likeness (QED) is 0.749. The minimum Gasteiger partial charge on any atom is -0.480 e. The highest BCUT2D eigenvalue weighted by molar-refractivity contribution is 5.74. The van der Waals surface area contributed by atoms with Crippen LogP contribution in [0.5, 0.6) is 0 Å². The van der Waals surface area contributed by atoms with Gasteiger partial charge in [0.15, 0.2) is 0 Å². The van der Waals surface area contributed by atoms with Gasteiger partial charge in [-0.1, -0.05) is 0 Å². The van der Waals surface area contributed by atoms with E-state index in [9.17, 15) is 9.59 Å². The van der Waals surface area contributed by atoms with Gasteiger partial charge >= 0.3 is 12.0 Å². The van der Waals surface area contributed by atoms with Crippen LogP contribution in [0.1, 0.15) is 13.3 Å². The van der Waals surface area contributed by atoms with E-state index in [0.29, 0.717) is 38.6 Å². The number of urea groups is 1. The number of carboxylic acids is 1. The fraction of sp³-hybridized carbons (Fsp3) is 0.846. The van der Waals surface area contributed by atoms with Crippen molar-refractivity contribution in [3.05, 3.63) is 0 Å². The SMILES string of the molecule is CC1OCCC1CNC(=O)N1CCN(CC(=O)O)CC1. The third-order valence-electron chi connectivity index (χ3n) is 4.07. The molecular formula is C13H23N3O4. The third-order valence-corrected chi connectivity index (χ3v) is 4.07. The molecule has 2 unspecified atom stereocenters. The Balaban J connectivity index is 1.68. The van der Waals surface area contributed by atoms with Crippen molar-refractivity contribution in [2.24, 2.45) is 5.92 Å². The number of piperazine rings is 1. The Labute approximate surface area is 118 Å². The number of rotatable bonds is 4. The van der Waals surface area contributed by atoms with E-state index in [0.717, 1.165) is 13.0 Å². The molecule has 0 aromatic carbocycles. The van der Waals surface area contributed by atoms with Crippen LogP contribution >= 0.6 is 0 Å². The Kier molecular flexibility index (Phi) is 5.19. The summed E-state index contributed by atoms with van der Waals surface area (Å²) in [7, 11) is 0. The molecule has 2 fully saturated rings. The van der Waals surface area contributed by atoms with Crippen molar-refractivity contribution >= 4 is 12.0 Å². The number of amides is 2. The number of carbonyl (C=O) groups excluding carboxylic acids is 1. The highest BCUT2D eigenvalue weighted by Crippen LogP contribution is 2.19. The van der Waals surface area contributed by atoms with Gasteiger partial charge in [0.2, 0.25) is 0 Å². The van der Waals surface area contributed by atoms with E-state index in [1.807, 2.05) is 11.8 Å². The van der Waals surface area contributed by atoms with E-state index in [1.165, 1.54) is 0 Å². The third kappa shape index (κ3) is 4.08. The standard InChI is InChI=1S/C13H23N3O4/c1-10-11(2-7-20-10)8-14-13(19)16-5-3-15(4-6-16)9-12(17)18/h10-11H,2-9H2,1H3,(H,14,19)(H,17,18). The molecule has 0 aromatic rings. The van der Waals surface area contributed by atoms with Gasteiger partial charge in [-0.2, -0.15) is 0 Å². The van der Waals surface area contributed by atoms with Crippen LogP contribution in [-0.2, 0) is 9.53 Å². The highest BCUT2D eigenvalue weighted by atomic mass is 16.5. The van der Waals surface area contributed by atoms with Gasteiger partial charge in [0.05, 0.1) is 12.6 Å². The van der Waals surface area contributed by atoms with Crippen molar-refractivity contribution in [2.45, 2.75) is 19.4 Å². The first-order valence-corrected chi connectivity index (χ1v) is 7.15. The first kappa shape index (κ1) is 15.1. The van der Waals surface area contributed by atoms with E-state index in [4.69, 9.17) is 9.84 Å². The van der Waals surface area contributed by atoms with Crippen LogP contribution < -0.4 is 5.32 Å². The zero-order valence-electron chi connectivity index (χ0n) is 11.9. The second-order valence-electron chi connectivity index (χ2n) is 5.47. The number of nitrogens with zero attached hydrogens (tertiary/aromatic N) is 2. The predicted molar refractivity (Wildman–Crippen MR) is 72.6 cm³/mol. The van der Waals surface area contributed by atoms with E-state index in [-0.39, 0.29) is 18.7 Å². The van der Waals surface area contributed by atoms with Crippen molar-refractivity contribution < 1.29 is 19.4 Å². The predicted octanol–water partition coefficient (Wildman–Crippen LogP) is -0.177. The molecule has 0 bridgehead atoms. The fourth-order valence-corrected chi connectivity index (χ4v) is 2.67. The van der Waals surface area contributed by atoms with Gasteiger partial charge in [-0.25, -0.2) is 4.79 Å². The van der Waals surface area contributed by atoms with E-state index in [2.05, 4.69) is 5.32 Å². The van der Waals surface area contributed by atoms with Gasteiger partial charge in [0.1, 0.15) is 0 Å². The fourth-order valence-electron chi connectivity index (χ4n) is 2.67. The molecule has 0 spiro atoms. The van der Waals surface area contributed by atoms with E-state index >= 15 is 0 Å². The molecule has 20 heavy (non-hydrogen) atoms. The first-order valence-electron chi connectivity index (χ1n) is 7.15. The number of aliphatic carboxylic acids is 1. The van der Waals surface area contributed by atoms with E-state index < -0.39 is 5.97 Å². The molecule has 2 amide bonds. The molecular weight excluding hydrogens is 262 g/mol. The second kappa shape index (κ2) is 6.90. The average molecular weight is 285 g/mol. The summed E-state index contributed by atoms with van der Waals surface area (Å²) in [5.41, 5.74) is 0. The lowest BCUT2D eigenvalue weighted by atomic mass is 10.0. The normalized spacial score (nSPS) is 27.6. The number of carboxylic acid groups (broad SMARTS) is 1. The summed E-state index contributed by atoms with van der Waals surface area (Å²) < 4.78 is 5.47. The largest absolute Gasteiger partial charge is 0.480 e. The molecule has 2 saturated heterocycles. The van der Waals surface area contributed by atoms with Crippen LogP contribution in [0.15, 0.2) is 0 Å². The Morgan fingerprint density at radius 1 is 1.30 bits per heavy atom. The molecule has 0 saturated carbocycles. The summed E-state index contributed by atoms with van der Waals surface area (Å²) in [6.07, 6.45) is 1.20. The molecule has 2 heterocycles. The van der Waals surface area contributed by atoms with Crippen molar-refractivity contribution in [3.63, 3.8) is 0 Å². The number of hydrogen-bond donors (Lipinski definition) is 2. The smallest absolute Gasteiger partial charge is 0.317 e. The molecule has 2 aliphatic rings. The lowest BCUT2D eigenvalue weighted by Gasteiger charge is -2.34. The lowest BCUT2D eigenvalue weighted by molar-refractivity contribution is -0.138. The summed E-state index contributed by atoms with van der Waals surface area (Å²) in [6.45, 7) is 5.89. The summed E-state index contributed by atoms with van der Waals surface area (Å²) >= 11 is 0. The van der Waals surface area contributed by atoms with Crippen LogP contribution in [0, 0.1) is 5.92 Å². The van der Waals surface area contributed by atoms with Gasteiger partial charge in [0, 0.05) is 45.2 Å². The maximum absolute atomic E-state index is 12.0. The van der Waals surface area contributed by atoms with Crippen LogP contribution in [0.4, 0.5) is 4.79 Å². The maximum Gasteiger partial charge on any atom is 0.317 e. The number of nitrogens with one attached hydrogen (secondary N) is 1. The van der Waals surface area contributed by atoms with E-state index in [1.54, 1.807) is 4.90 Å². The van der Waals surface area contributed by atoms with Crippen molar-refractivity contribution in [1.29, 1.82) is 0 Å². The molecule has 7 heteroatoms. The molecule has 2 rings (SSSR count). The molecule has 114 valence electrons. The van der Waals surface area contributed by atoms with Crippen LogP contribution in [0.25, 0.3) is 0 Å². The molecule has 0 radical (unpaired) electrons. The number of ether oxygens (including phenoxy) is 1.